The molecule has 1 aromatic rings. The molecule has 1 aliphatic rings. The monoisotopic (exact) mass is 283 g/mol. The van der Waals surface area contributed by atoms with Crippen molar-refractivity contribution in [2.75, 3.05) is 6.54 Å². The summed E-state index contributed by atoms with van der Waals surface area (Å²) in [6.07, 6.45) is 5.19. The smallest absolute Gasteiger partial charge is 0.311 e. The van der Waals surface area contributed by atoms with Gasteiger partial charge in [-0.15, -0.1) is 5.10 Å². The summed E-state index contributed by atoms with van der Waals surface area (Å²) in [5.41, 5.74) is -0.575. The third-order valence-corrected chi connectivity index (χ3v) is 4.20. The van der Waals surface area contributed by atoms with E-state index in [-0.39, 0.29) is 18.1 Å². The second kappa shape index (κ2) is 6.10. The number of nitrogens with one attached hydrogen (secondary N) is 1. The molecule has 1 saturated carbocycles. The molecule has 19 heavy (non-hydrogen) atoms. The van der Waals surface area contributed by atoms with Gasteiger partial charge in [-0.05, 0) is 24.4 Å². The molecular formula is C12H17N3O3S. The zero-order valence-electron chi connectivity index (χ0n) is 10.6. The van der Waals surface area contributed by atoms with Gasteiger partial charge < -0.3 is 10.4 Å². The summed E-state index contributed by atoms with van der Waals surface area (Å²) < 4.78 is 3.62. The fraction of sp³-hybridized carbons (Fsp3) is 0.667. The number of hydrogen-bond donors (Lipinski definition) is 2. The molecule has 0 saturated heterocycles. The Kier molecular flexibility index (Phi) is 4.47. The van der Waals surface area contributed by atoms with Crippen LogP contribution in [0, 0.1) is 5.41 Å². The number of aliphatic carboxylic acids is 1. The number of carbonyl (C=O) groups excluding carboxylic acids is 1. The minimum Gasteiger partial charge on any atom is -0.481 e. The third kappa shape index (κ3) is 3.28. The summed E-state index contributed by atoms with van der Waals surface area (Å²) in [6.45, 7) is 0.165. The van der Waals surface area contributed by atoms with Crippen molar-refractivity contribution >= 4 is 23.4 Å². The molecule has 0 bridgehead atoms. The number of carboxylic acid groups (broad SMARTS) is 1. The molecule has 1 fully saturated rings. The Morgan fingerprint density at radius 1 is 1.32 bits per heavy atom. The molecule has 0 radical (unpaired) electrons. The van der Waals surface area contributed by atoms with Crippen molar-refractivity contribution in [3.05, 3.63) is 11.1 Å². The highest BCUT2D eigenvalue weighted by atomic mass is 32.1. The Morgan fingerprint density at radius 3 is 2.53 bits per heavy atom. The normalized spacial score (nSPS) is 18.5. The first-order chi connectivity index (χ1) is 9.14. The van der Waals surface area contributed by atoms with Crippen LogP contribution in [0.2, 0.25) is 0 Å². The Hall–Kier alpha value is -1.50. The SMILES string of the molecule is O=C(NCC1(C(=O)O)CCCCCC1)c1csnn1. The van der Waals surface area contributed by atoms with Gasteiger partial charge in [0.1, 0.15) is 0 Å². The lowest BCUT2D eigenvalue weighted by Crippen LogP contribution is -2.43. The first-order valence-electron chi connectivity index (χ1n) is 6.43. The number of carbonyl (C=O) groups is 2. The first-order valence-corrected chi connectivity index (χ1v) is 7.26. The van der Waals surface area contributed by atoms with E-state index in [0.29, 0.717) is 12.8 Å². The molecule has 0 unspecified atom stereocenters. The van der Waals surface area contributed by atoms with Crippen LogP contribution in [0.3, 0.4) is 0 Å². The number of carboxylic acids is 1. The number of nitrogens with zero attached hydrogens (tertiary/aromatic N) is 2. The highest BCUT2D eigenvalue weighted by molar-refractivity contribution is 7.03. The molecule has 0 atom stereocenters. The van der Waals surface area contributed by atoms with E-state index >= 15 is 0 Å². The second-order valence-corrected chi connectivity index (χ2v) is 5.58. The minimum absolute atomic E-state index is 0.165. The van der Waals surface area contributed by atoms with Gasteiger partial charge in [-0.3, -0.25) is 9.59 Å². The summed E-state index contributed by atoms with van der Waals surface area (Å²) in [6, 6.07) is 0. The molecule has 0 spiro atoms. The van der Waals surface area contributed by atoms with Crippen molar-refractivity contribution in [2.24, 2.45) is 5.41 Å². The van der Waals surface area contributed by atoms with Crippen molar-refractivity contribution in [3.63, 3.8) is 0 Å². The van der Waals surface area contributed by atoms with E-state index in [0.717, 1.165) is 37.2 Å². The highest BCUT2D eigenvalue weighted by Gasteiger charge is 2.39. The van der Waals surface area contributed by atoms with Crippen LogP contribution in [-0.4, -0.2) is 33.1 Å². The van der Waals surface area contributed by atoms with Gasteiger partial charge in [0.05, 0.1) is 5.41 Å². The molecular weight excluding hydrogens is 266 g/mol. The molecule has 0 aliphatic heterocycles. The maximum atomic E-state index is 11.8. The van der Waals surface area contributed by atoms with Gasteiger partial charge in [-0.1, -0.05) is 30.2 Å². The quantitative estimate of drug-likeness (QED) is 0.820. The average Bonchev–Trinajstić information content (AvgIpc) is 2.82. The van der Waals surface area contributed by atoms with Crippen LogP contribution in [0.4, 0.5) is 0 Å². The third-order valence-electron chi connectivity index (χ3n) is 3.69. The predicted octanol–water partition coefficient (Wildman–Crippen LogP) is 1.69. The Labute approximate surface area is 115 Å². The topological polar surface area (TPSA) is 92.2 Å². The summed E-state index contributed by atoms with van der Waals surface area (Å²) in [4.78, 5) is 23.4. The van der Waals surface area contributed by atoms with Crippen LogP contribution in [0.1, 0.15) is 49.0 Å². The maximum Gasteiger partial charge on any atom is 0.311 e. The van der Waals surface area contributed by atoms with Gasteiger partial charge in [0, 0.05) is 11.9 Å². The zero-order valence-corrected chi connectivity index (χ0v) is 11.4. The minimum atomic E-state index is -0.824. The molecule has 1 heterocycles. The van der Waals surface area contributed by atoms with Crippen molar-refractivity contribution < 1.29 is 14.7 Å². The van der Waals surface area contributed by atoms with E-state index in [1.165, 1.54) is 0 Å². The molecule has 1 aromatic heterocycles. The van der Waals surface area contributed by atoms with Gasteiger partial charge in [0.25, 0.3) is 5.91 Å². The van der Waals surface area contributed by atoms with Crippen molar-refractivity contribution in [1.29, 1.82) is 0 Å². The zero-order chi connectivity index (χ0) is 13.7. The van der Waals surface area contributed by atoms with Gasteiger partial charge >= 0.3 is 5.97 Å². The lowest BCUT2D eigenvalue weighted by Gasteiger charge is -2.28. The van der Waals surface area contributed by atoms with E-state index in [1.807, 2.05) is 0 Å². The van der Waals surface area contributed by atoms with Crippen molar-refractivity contribution in [1.82, 2.24) is 14.9 Å². The summed E-state index contributed by atoms with van der Waals surface area (Å²) in [7, 11) is 0. The number of amides is 1. The lowest BCUT2D eigenvalue weighted by atomic mass is 9.80. The largest absolute Gasteiger partial charge is 0.481 e. The van der Waals surface area contributed by atoms with E-state index < -0.39 is 11.4 Å². The van der Waals surface area contributed by atoms with Gasteiger partial charge in [-0.2, -0.15) is 0 Å². The Morgan fingerprint density at radius 2 is 2.00 bits per heavy atom. The van der Waals surface area contributed by atoms with Crippen molar-refractivity contribution in [2.45, 2.75) is 38.5 Å². The number of rotatable bonds is 4. The fourth-order valence-corrected chi connectivity index (χ4v) is 2.91. The lowest BCUT2D eigenvalue weighted by molar-refractivity contribution is -0.149. The Bertz CT molecular complexity index is 439. The predicted molar refractivity (Wildman–Crippen MR) is 70.0 cm³/mol. The maximum absolute atomic E-state index is 11.8. The van der Waals surface area contributed by atoms with E-state index in [4.69, 9.17) is 0 Å². The summed E-state index contributed by atoms with van der Waals surface area (Å²) >= 11 is 1.10. The standard InChI is InChI=1S/C12H17N3O3S/c16-10(9-7-19-15-14-9)13-8-12(11(17)18)5-3-1-2-4-6-12/h7H,1-6,8H2,(H,13,16)(H,17,18). The molecule has 2 N–H and O–H groups in total. The fourth-order valence-electron chi connectivity index (χ4n) is 2.48. The molecule has 6 nitrogen and oxygen atoms in total. The molecule has 2 rings (SSSR count). The molecule has 7 heteroatoms. The average molecular weight is 283 g/mol. The van der Waals surface area contributed by atoms with Gasteiger partial charge in [0.2, 0.25) is 0 Å². The molecule has 1 aliphatic carbocycles. The van der Waals surface area contributed by atoms with Crippen LogP contribution in [0.25, 0.3) is 0 Å². The van der Waals surface area contributed by atoms with Gasteiger partial charge in [0.15, 0.2) is 5.69 Å². The van der Waals surface area contributed by atoms with E-state index in [9.17, 15) is 14.7 Å². The number of aromatic nitrogens is 2. The van der Waals surface area contributed by atoms with E-state index in [1.54, 1.807) is 5.38 Å². The molecule has 1 amide bonds. The second-order valence-electron chi connectivity index (χ2n) is 4.97. The number of hydrogen-bond acceptors (Lipinski definition) is 5. The van der Waals surface area contributed by atoms with Crippen LogP contribution >= 0.6 is 11.5 Å². The summed E-state index contributed by atoms with van der Waals surface area (Å²) in [5, 5.41) is 17.4. The Balaban J connectivity index is 2.00. The first kappa shape index (κ1) is 13.9. The van der Waals surface area contributed by atoms with Crippen molar-refractivity contribution in [3.8, 4) is 0 Å². The van der Waals surface area contributed by atoms with Gasteiger partial charge in [-0.25, -0.2) is 0 Å². The van der Waals surface area contributed by atoms with E-state index in [2.05, 4.69) is 14.9 Å². The van der Waals surface area contributed by atoms with Crippen LogP contribution in [0.15, 0.2) is 5.38 Å². The van der Waals surface area contributed by atoms with Crippen LogP contribution < -0.4 is 5.32 Å². The van der Waals surface area contributed by atoms with Crippen LogP contribution in [0.5, 0.6) is 0 Å². The molecule has 104 valence electrons. The highest BCUT2D eigenvalue weighted by Crippen LogP contribution is 2.34. The van der Waals surface area contributed by atoms with Crippen LogP contribution in [-0.2, 0) is 4.79 Å². The summed E-state index contributed by atoms with van der Waals surface area (Å²) in [5.74, 6) is -1.16. The molecule has 0 aromatic carbocycles.